The van der Waals surface area contributed by atoms with Crippen molar-refractivity contribution in [3.63, 3.8) is 0 Å². The SMILES string of the molecule is CN=C(NCCc1cc(C)cc(C)c1)NC1CCN(CC(F)(F)F)C1. The summed E-state index contributed by atoms with van der Waals surface area (Å²) in [5, 5.41) is 6.47. The van der Waals surface area contributed by atoms with Crippen molar-refractivity contribution in [3.8, 4) is 0 Å². The maximum atomic E-state index is 12.4. The molecule has 1 aromatic rings. The summed E-state index contributed by atoms with van der Waals surface area (Å²) in [5.74, 6) is 0.642. The van der Waals surface area contributed by atoms with Gasteiger partial charge in [0.1, 0.15) is 0 Å². The van der Waals surface area contributed by atoms with Crippen LogP contribution in [0.1, 0.15) is 23.1 Å². The van der Waals surface area contributed by atoms with Gasteiger partial charge in [-0.15, -0.1) is 0 Å². The first-order valence-corrected chi connectivity index (χ1v) is 8.58. The predicted octanol–water partition coefficient (Wildman–Crippen LogP) is 2.65. The molecule has 1 atom stereocenters. The Morgan fingerprint density at radius 2 is 1.92 bits per heavy atom. The molecule has 2 N–H and O–H groups in total. The molecule has 4 nitrogen and oxygen atoms in total. The summed E-state index contributed by atoms with van der Waals surface area (Å²) in [6, 6.07) is 6.47. The summed E-state index contributed by atoms with van der Waals surface area (Å²) in [7, 11) is 1.68. The Morgan fingerprint density at radius 3 is 2.52 bits per heavy atom. The number of hydrogen-bond donors (Lipinski definition) is 2. The Kier molecular flexibility index (Phi) is 6.70. The average molecular weight is 356 g/mol. The van der Waals surface area contributed by atoms with Crippen LogP contribution in [0.2, 0.25) is 0 Å². The first-order valence-electron chi connectivity index (χ1n) is 8.58. The zero-order chi connectivity index (χ0) is 18.4. The van der Waals surface area contributed by atoms with Gasteiger partial charge in [0.05, 0.1) is 6.54 Å². The number of nitrogens with zero attached hydrogens (tertiary/aromatic N) is 2. The summed E-state index contributed by atoms with van der Waals surface area (Å²) in [4.78, 5) is 5.60. The molecule has 1 aliphatic rings. The van der Waals surface area contributed by atoms with Gasteiger partial charge < -0.3 is 10.6 Å². The molecule has 0 aliphatic carbocycles. The topological polar surface area (TPSA) is 39.7 Å². The molecule has 0 saturated carbocycles. The van der Waals surface area contributed by atoms with Crippen LogP contribution in [-0.2, 0) is 6.42 Å². The molecule has 0 bridgehead atoms. The second-order valence-corrected chi connectivity index (χ2v) is 6.73. The van der Waals surface area contributed by atoms with Crippen LogP contribution in [-0.4, -0.2) is 56.3 Å². The minimum atomic E-state index is -4.14. The Balaban J connectivity index is 1.76. The van der Waals surface area contributed by atoms with E-state index in [0.29, 0.717) is 25.5 Å². The van der Waals surface area contributed by atoms with Crippen LogP contribution in [0.3, 0.4) is 0 Å². The Bertz CT molecular complexity index is 578. The molecule has 140 valence electrons. The number of benzene rings is 1. The zero-order valence-electron chi connectivity index (χ0n) is 15.1. The first-order chi connectivity index (χ1) is 11.7. The highest BCUT2D eigenvalue weighted by Crippen LogP contribution is 2.19. The van der Waals surface area contributed by atoms with Crippen LogP contribution in [0.4, 0.5) is 13.2 Å². The number of nitrogens with one attached hydrogen (secondary N) is 2. The van der Waals surface area contributed by atoms with Gasteiger partial charge in [0.15, 0.2) is 5.96 Å². The van der Waals surface area contributed by atoms with Crippen LogP contribution in [0.5, 0.6) is 0 Å². The molecule has 0 radical (unpaired) electrons. The van der Waals surface area contributed by atoms with Crippen molar-refractivity contribution < 1.29 is 13.2 Å². The summed E-state index contributed by atoms with van der Waals surface area (Å²) < 4.78 is 37.3. The van der Waals surface area contributed by atoms with Gasteiger partial charge >= 0.3 is 6.18 Å². The Labute approximate surface area is 147 Å². The molecule has 1 aromatic carbocycles. The molecule has 1 heterocycles. The molecule has 25 heavy (non-hydrogen) atoms. The van der Waals surface area contributed by atoms with Crippen LogP contribution in [0.25, 0.3) is 0 Å². The number of hydrogen-bond acceptors (Lipinski definition) is 2. The highest BCUT2D eigenvalue weighted by molar-refractivity contribution is 5.80. The maximum absolute atomic E-state index is 12.4. The van der Waals surface area contributed by atoms with Crippen LogP contribution < -0.4 is 10.6 Å². The molecule has 1 fully saturated rings. The monoisotopic (exact) mass is 356 g/mol. The van der Waals surface area contributed by atoms with Crippen LogP contribution in [0, 0.1) is 13.8 Å². The molecule has 1 aliphatic heterocycles. The highest BCUT2D eigenvalue weighted by Gasteiger charge is 2.34. The number of aryl methyl sites for hydroxylation is 2. The smallest absolute Gasteiger partial charge is 0.356 e. The first kappa shape index (κ1) is 19.6. The van der Waals surface area contributed by atoms with E-state index < -0.39 is 12.7 Å². The minimum absolute atomic E-state index is 0.00485. The van der Waals surface area contributed by atoms with Crippen molar-refractivity contribution in [1.82, 2.24) is 15.5 Å². The molecule has 0 amide bonds. The van der Waals surface area contributed by atoms with E-state index in [1.165, 1.54) is 21.6 Å². The Morgan fingerprint density at radius 1 is 1.24 bits per heavy atom. The quantitative estimate of drug-likeness (QED) is 0.629. The number of alkyl halides is 3. The van der Waals surface area contributed by atoms with Gasteiger partial charge in [-0.05, 0) is 32.3 Å². The molecule has 1 unspecified atom stereocenters. The number of likely N-dealkylation sites (tertiary alicyclic amines) is 1. The summed E-state index contributed by atoms with van der Waals surface area (Å²) in [5.41, 5.74) is 3.75. The lowest BCUT2D eigenvalue weighted by atomic mass is 10.1. The van der Waals surface area contributed by atoms with Gasteiger partial charge in [0, 0.05) is 32.7 Å². The van der Waals surface area contributed by atoms with Crippen molar-refractivity contribution in [3.05, 3.63) is 34.9 Å². The fraction of sp³-hybridized carbons (Fsp3) is 0.611. The van der Waals surface area contributed by atoms with Gasteiger partial charge in [-0.3, -0.25) is 9.89 Å². The van der Waals surface area contributed by atoms with Crippen molar-refractivity contribution in [2.75, 3.05) is 33.2 Å². The molecule has 1 saturated heterocycles. The predicted molar refractivity (Wildman–Crippen MR) is 95.0 cm³/mol. The lowest BCUT2D eigenvalue weighted by molar-refractivity contribution is -0.143. The second kappa shape index (κ2) is 8.56. The van der Waals surface area contributed by atoms with E-state index in [1.807, 2.05) is 0 Å². The summed E-state index contributed by atoms with van der Waals surface area (Å²) in [6.45, 7) is 4.88. The van der Waals surface area contributed by atoms with Crippen molar-refractivity contribution in [1.29, 1.82) is 0 Å². The molecular formula is C18H27F3N4. The van der Waals surface area contributed by atoms with Gasteiger partial charge in [0.25, 0.3) is 0 Å². The van der Waals surface area contributed by atoms with Gasteiger partial charge in [0.2, 0.25) is 0 Å². The highest BCUT2D eigenvalue weighted by atomic mass is 19.4. The maximum Gasteiger partial charge on any atom is 0.401 e. The van der Waals surface area contributed by atoms with E-state index in [0.717, 1.165) is 13.0 Å². The molecular weight excluding hydrogens is 329 g/mol. The summed E-state index contributed by atoms with van der Waals surface area (Å²) >= 11 is 0. The largest absolute Gasteiger partial charge is 0.401 e. The molecule has 0 spiro atoms. The number of rotatable bonds is 5. The molecule has 0 aromatic heterocycles. The number of halogens is 3. The van der Waals surface area contributed by atoms with E-state index in [2.05, 4.69) is 47.7 Å². The fourth-order valence-corrected chi connectivity index (χ4v) is 3.27. The van der Waals surface area contributed by atoms with E-state index >= 15 is 0 Å². The van der Waals surface area contributed by atoms with E-state index in [4.69, 9.17) is 0 Å². The van der Waals surface area contributed by atoms with Crippen molar-refractivity contribution >= 4 is 5.96 Å². The third-order valence-corrected chi connectivity index (χ3v) is 4.23. The van der Waals surface area contributed by atoms with Crippen molar-refractivity contribution in [2.45, 2.75) is 38.9 Å². The zero-order valence-corrected chi connectivity index (χ0v) is 15.1. The van der Waals surface area contributed by atoms with E-state index in [-0.39, 0.29) is 6.04 Å². The normalized spacial score (nSPS) is 19.3. The average Bonchev–Trinajstić information content (AvgIpc) is 2.90. The molecule has 7 heteroatoms. The standard InChI is InChI=1S/C18H27F3N4/c1-13-8-14(2)10-15(9-13)4-6-23-17(22-3)24-16-5-7-25(11-16)12-18(19,20)21/h8-10,16H,4-7,11-12H2,1-3H3,(H2,22,23,24). The van der Waals surface area contributed by atoms with Crippen LogP contribution >= 0.6 is 0 Å². The van der Waals surface area contributed by atoms with Gasteiger partial charge in [-0.25, -0.2) is 0 Å². The lowest BCUT2D eigenvalue weighted by Crippen LogP contribution is -2.45. The number of aliphatic imine (C=N–C) groups is 1. The van der Waals surface area contributed by atoms with Crippen molar-refractivity contribution in [2.24, 2.45) is 4.99 Å². The molecule has 2 rings (SSSR count). The van der Waals surface area contributed by atoms with E-state index in [1.54, 1.807) is 7.05 Å². The lowest BCUT2D eigenvalue weighted by Gasteiger charge is -2.19. The number of guanidine groups is 1. The minimum Gasteiger partial charge on any atom is -0.356 e. The van der Waals surface area contributed by atoms with Gasteiger partial charge in [-0.1, -0.05) is 29.3 Å². The fourth-order valence-electron chi connectivity index (χ4n) is 3.27. The third kappa shape index (κ3) is 6.94. The van der Waals surface area contributed by atoms with Gasteiger partial charge in [-0.2, -0.15) is 13.2 Å². The van der Waals surface area contributed by atoms with Crippen LogP contribution in [0.15, 0.2) is 23.2 Å². The second-order valence-electron chi connectivity index (χ2n) is 6.73. The van der Waals surface area contributed by atoms with E-state index in [9.17, 15) is 13.2 Å². The summed E-state index contributed by atoms with van der Waals surface area (Å²) in [6.07, 6.45) is -2.58. The Hall–Kier alpha value is -1.76. The third-order valence-electron chi connectivity index (χ3n) is 4.23.